The van der Waals surface area contributed by atoms with Crippen molar-refractivity contribution in [1.29, 1.82) is 0 Å². The van der Waals surface area contributed by atoms with Crippen molar-refractivity contribution in [3.8, 4) is 0 Å². The van der Waals surface area contributed by atoms with Gasteiger partial charge in [0.15, 0.2) is 0 Å². The monoisotopic (exact) mass is 238 g/mol. The highest BCUT2D eigenvalue weighted by atomic mass is 15.3. The van der Waals surface area contributed by atoms with Crippen LogP contribution in [0.1, 0.15) is 47.0 Å². The van der Waals surface area contributed by atoms with Gasteiger partial charge in [0.2, 0.25) is 0 Å². The van der Waals surface area contributed by atoms with Gasteiger partial charge >= 0.3 is 0 Å². The summed E-state index contributed by atoms with van der Waals surface area (Å²) < 4.78 is 0. The molecule has 0 aromatic rings. The summed E-state index contributed by atoms with van der Waals surface area (Å²) in [7, 11) is 0. The molecular weight excluding hydrogens is 208 g/mol. The number of nitrogens with zero attached hydrogens (tertiary/aromatic N) is 2. The maximum Gasteiger partial charge on any atom is 0.0235 e. The molecule has 0 spiro atoms. The summed E-state index contributed by atoms with van der Waals surface area (Å²) in [6, 6.07) is 1.58. The number of rotatable bonds is 3. The molecule has 17 heavy (non-hydrogen) atoms. The van der Waals surface area contributed by atoms with Crippen LogP contribution in [-0.4, -0.2) is 48.1 Å². The van der Waals surface area contributed by atoms with E-state index >= 15 is 0 Å². The van der Waals surface area contributed by atoms with Crippen LogP contribution in [0, 0.1) is 11.8 Å². The molecular formula is C15H30N2. The van der Waals surface area contributed by atoms with Crippen LogP contribution in [0.2, 0.25) is 0 Å². The zero-order valence-corrected chi connectivity index (χ0v) is 12.2. The van der Waals surface area contributed by atoms with Crippen LogP contribution in [0.3, 0.4) is 0 Å². The molecule has 2 saturated heterocycles. The van der Waals surface area contributed by atoms with E-state index in [0.717, 1.165) is 23.9 Å². The van der Waals surface area contributed by atoms with E-state index in [-0.39, 0.29) is 0 Å². The van der Waals surface area contributed by atoms with Crippen molar-refractivity contribution < 1.29 is 0 Å². The van der Waals surface area contributed by atoms with Crippen molar-refractivity contribution >= 4 is 0 Å². The number of piperidine rings is 1. The number of likely N-dealkylation sites (tertiary alicyclic amines) is 2. The van der Waals surface area contributed by atoms with Gasteiger partial charge in [0.1, 0.15) is 0 Å². The lowest BCUT2D eigenvalue weighted by Crippen LogP contribution is -2.44. The van der Waals surface area contributed by atoms with Crippen molar-refractivity contribution in [1.82, 2.24) is 9.80 Å². The van der Waals surface area contributed by atoms with Gasteiger partial charge in [0.25, 0.3) is 0 Å². The van der Waals surface area contributed by atoms with Crippen LogP contribution in [-0.2, 0) is 0 Å². The Balaban J connectivity index is 1.78. The largest absolute Gasteiger partial charge is 0.299 e. The molecule has 2 heteroatoms. The first-order valence-corrected chi connectivity index (χ1v) is 7.56. The predicted molar refractivity (Wildman–Crippen MR) is 74.2 cm³/mol. The lowest BCUT2D eigenvalue weighted by molar-refractivity contribution is 0.113. The molecule has 0 radical (unpaired) electrons. The van der Waals surface area contributed by atoms with Crippen molar-refractivity contribution in [2.75, 3.05) is 26.2 Å². The molecule has 0 N–H and O–H groups in total. The predicted octanol–water partition coefficient (Wildman–Crippen LogP) is 2.84. The fraction of sp³-hybridized carbons (Fsp3) is 1.00. The van der Waals surface area contributed by atoms with Gasteiger partial charge in [-0.15, -0.1) is 0 Å². The van der Waals surface area contributed by atoms with E-state index in [2.05, 4.69) is 37.5 Å². The van der Waals surface area contributed by atoms with Gasteiger partial charge in [0, 0.05) is 25.2 Å². The Bertz CT molecular complexity index is 229. The van der Waals surface area contributed by atoms with Crippen molar-refractivity contribution in [3.05, 3.63) is 0 Å². The summed E-state index contributed by atoms with van der Waals surface area (Å²) in [5.74, 6) is 1.86. The summed E-state index contributed by atoms with van der Waals surface area (Å²) >= 11 is 0. The lowest BCUT2D eigenvalue weighted by atomic mass is 9.86. The van der Waals surface area contributed by atoms with Gasteiger partial charge in [0.05, 0.1) is 0 Å². The topological polar surface area (TPSA) is 6.48 Å². The fourth-order valence-electron chi connectivity index (χ4n) is 3.49. The van der Waals surface area contributed by atoms with E-state index in [1.165, 1.54) is 45.4 Å². The third kappa shape index (κ3) is 3.23. The molecule has 2 rings (SSSR count). The second kappa shape index (κ2) is 5.71. The third-order valence-corrected chi connectivity index (χ3v) is 4.96. The molecule has 2 fully saturated rings. The summed E-state index contributed by atoms with van der Waals surface area (Å²) in [6.07, 6.45) is 4.25. The molecule has 0 unspecified atom stereocenters. The number of hydrogen-bond acceptors (Lipinski definition) is 2. The molecule has 100 valence electrons. The molecule has 0 amide bonds. The van der Waals surface area contributed by atoms with Gasteiger partial charge in [-0.25, -0.2) is 0 Å². The van der Waals surface area contributed by atoms with E-state index in [9.17, 15) is 0 Å². The second-order valence-corrected chi connectivity index (χ2v) is 6.65. The van der Waals surface area contributed by atoms with Crippen LogP contribution in [0.25, 0.3) is 0 Å². The Labute approximate surface area is 107 Å². The first-order valence-electron chi connectivity index (χ1n) is 7.56. The van der Waals surface area contributed by atoms with Gasteiger partial charge in [-0.1, -0.05) is 13.8 Å². The zero-order valence-electron chi connectivity index (χ0n) is 12.2. The van der Waals surface area contributed by atoms with Crippen LogP contribution in [0.5, 0.6) is 0 Å². The van der Waals surface area contributed by atoms with Gasteiger partial charge in [-0.3, -0.25) is 9.80 Å². The standard InChI is InChI=1S/C15H30N2/c1-12(2)14-5-8-16(9-6-14)15-7-10-17(11-15)13(3)4/h12-15H,5-11H2,1-4H3/t15-/m0/s1. The maximum absolute atomic E-state index is 2.77. The van der Waals surface area contributed by atoms with Gasteiger partial charge in [-0.05, 0) is 58.0 Å². The van der Waals surface area contributed by atoms with Crippen LogP contribution in [0.15, 0.2) is 0 Å². The van der Waals surface area contributed by atoms with E-state index < -0.39 is 0 Å². The molecule has 0 bridgehead atoms. The molecule has 2 aliphatic heterocycles. The molecule has 0 aromatic carbocycles. The summed E-state index contributed by atoms with van der Waals surface area (Å²) in [6.45, 7) is 14.7. The van der Waals surface area contributed by atoms with Gasteiger partial charge < -0.3 is 0 Å². The van der Waals surface area contributed by atoms with Gasteiger partial charge in [-0.2, -0.15) is 0 Å². The smallest absolute Gasteiger partial charge is 0.0235 e. The average Bonchev–Trinajstić information content (AvgIpc) is 2.78. The first-order chi connectivity index (χ1) is 8.08. The molecule has 2 heterocycles. The zero-order chi connectivity index (χ0) is 12.4. The number of hydrogen-bond donors (Lipinski definition) is 0. The molecule has 1 atom stereocenters. The molecule has 0 aromatic heterocycles. The van der Waals surface area contributed by atoms with Crippen LogP contribution < -0.4 is 0 Å². The Morgan fingerprint density at radius 3 is 2.00 bits per heavy atom. The van der Waals surface area contributed by atoms with E-state index in [4.69, 9.17) is 0 Å². The van der Waals surface area contributed by atoms with E-state index in [1.807, 2.05) is 0 Å². The highest BCUT2D eigenvalue weighted by molar-refractivity contribution is 4.87. The summed E-state index contributed by atoms with van der Waals surface area (Å²) in [5.41, 5.74) is 0. The molecule has 0 aliphatic carbocycles. The highest BCUT2D eigenvalue weighted by Crippen LogP contribution is 2.28. The van der Waals surface area contributed by atoms with E-state index in [0.29, 0.717) is 0 Å². The summed E-state index contributed by atoms with van der Waals surface area (Å²) in [5, 5.41) is 0. The van der Waals surface area contributed by atoms with Crippen molar-refractivity contribution in [2.45, 2.75) is 59.0 Å². The Morgan fingerprint density at radius 2 is 1.53 bits per heavy atom. The SMILES string of the molecule is CC(C)C1CCN([C@H]2CCN(C(C)C)C2)CC1. The lowest BCUT2D eigenvalue weighted by Gasteiger charge is -2.37. The molecule has 2 aliphatic rings. The molecule has 2 nitrogen and oxygen atoms in total. The Kier molecular flexibility index (Phi) is 4.48. The molecule has 0 saturated carbocycles. The summed E-state index contributed by atoms with van der Waals surface area (Å²) in [4.78, 5) is 5.40. The maximum atomic E-state index is 2.77. The quantitative estimate of drug-likeness (QED) is 0.746. The van der Waals surface area contributed by atoms with Crippen molar-refractivity contribution in [3.63, 3.8) is 0 Å². The second-order valence-electron chi connectivity index (χ2n) is 6.65. The van der Waals surface area contributed by atoms with E-state index in [1.54, 1.807) is 0 Å². The third-order valence-electron chi connectivity index (χ3n) is 4.96. The Morgan fingerprint density at radius 1 is 0.882 bits per heavy atom. The first kappa shape index (κ1) is 13.4. The van der Waals surface area contributed by atoms with Crippen LogP contribution >= 0.6 is 0 Å². The van der Waals surface area contributed by atoms with Crippen LogP contribution in [0.4, 0.5) is 0 Å². The minimum Gasteiger partial charge on any atom is -0.299 e. The van der Waals surface area contributed by atoms with Crippen molar-refractivity contribution in [2.24, 2.45) is 11.8 Å². The minimum absolute atomic E-state index is 0.730. The minimum atomic E-state index is 0.730. The Hall–Kier alpha value is -0.0800. The highest BCUT2D eigenvalue weighted by Gasteiger charge is 2.31. The normalized spacial score (nSPS) is 29.6. The average molecular weight is 238 g/mol. The fourth-order valence-corrected chi connectivity index (χ4v) is 3.49.